The topological polar surface area (TPSA) is 49.4 Å². The minimum Gasteiger partial charge on any atom is -0.354 e. The molecule has 0 aromatic heterocycles. The fourth-order valence-electron chi connectivity index (χ4n) is 3.21. The maximum Gasteiger partial charge on any atom is 0.242 e. The van der Waals surface area contributed by atoms with Gasteiger partial charge in [0.25, 0.3) is 0 Å². The van der Waals surface area contributed by atoms with Crippen LogP contribution in [0.5, 0.6) is 0 Å². The Labute approximate surface area is 183 Å². The number of nitrogens with zero attached hydrogens (tertiary/aromatic N) is 1. The molecule has 0 bridgehead atoms. The highest BCUT2D eigenvalue weighted by Crippen LogP contribution is 2.18. The number of nitrogens with one attached hydrogen (secondary N) is 1. The third-order valence-electron chi connectivity index (χ3n) is 4.78. The molecule has 2 aromatic carbocycles. The highest BCUT2D eigenvalue weighted by Gasteiger charge is 2.28. The number of benzene rings is 2. The van der Waals surface area contributed by atoms with Crippen LogP contribution in [0, 0.1) is 12.7 Å². The van der Waals surface area contributed by atoms with Crippen molar-refractivity contribution in [3.63, 3.8) is 0 Å². The summed E-state index contributed by atoms with van der Waals surface area (Å²) in [4.78, 5) is 27.5. The van der Waals surface area contributed by atoms with E-state index in [0.29, 0.717) is 25.3 Å². The molecule has 0 saturated carbocycles. The average Bonchev–Trinajstić information content (AvgIpc) is 2.73. The number of halogens is 1. The molecule has 0 radical (unpaired) electrons. The zero-order valence-electron chi connectivity index (χ0n) is 18.0. The van der Waals surface area contributed by atoms with E-state index in [1.54, 1.807) is 17.0 Å². The van der Waals surface area contributed by atoms with E-state index >= 15 is 0 Å². The van der Waals surface area contributed by atoms with Crippen molar-refractivity contribution in [2.45, 2.75) is 52.0 Å². The first-order valence-corrected chi connectivity index (χ1v) is 11.5. The second kappa shape index (κ2) is 12.4. The van der Waals surface area contributed by atoms with Crippen LogP contribution in [0.1, 0.15) is 43.4 Å². The molecule has 0 heterocycles. The van der Waals surface area contributed by atoms with Gasteiger partial charge < -0.3 is 10.2 Å². The number of carbonyl (C=O) groups excluding carboxylic acids is 2. The summed E-state index contributed by atoms with van der Waals surface area (Å²) in [6.45, 7) is 6.94. The van der Waals surface area contributed by atoms with Crippen LogP contribution in [0.4, 0.5) is 4.39 Å². The van der Waals surface area contributed by atoms with Gasteiger partial charge in [0.15, 0.2) is 0 Å². The lowest BCUT2D eigenvalue weighted by molar-refractivity contribution is -0.139. The van der Waals surface area contributed by atoms with Gasteiger partial charge in [-0.05, 0) is 43.0 Å². The molecule has 1 unspecified atom stereocenters. The Morgan fingerprint density at radius 2 is 1.83 bits per heavy atom. The maximum atomic E-state index is 13.1. The van der Waals surface area contributed by atoms with Gasteiger partial charge in [-0.15, -0.1) is 11.8 Å². The number of rotatable bonds is 11. The van der Waals surface area contributed by atoms with Crippen molar-refractivity contribution in [2.75, 3.05) is 12.3 Å². The predicted octanol–water partition coefficient (Wildman–Crippen LogP) is 4.70. The summed E-state index contributed by atoms with van der Waals surface area (Å²) in [6, 6.07) is 13.8. The van der Waals surface area contributed by atoms with E-state index < -0.39 is 6.04 Å². The van der Waals surface area contributed by atoms with Gasteiger partial charge in [-0.2, -0.15) is 0 Å². The standard InChI is InChI=1S/C24H31FN2O2S/c1-4-13-26-24(29)22(5-2)27(15-20-8-6-7-18(3)14-20)23(28)17-30-16-19-9-11-21(25)12-10-19/h6-12,14,22H,4-5,13,15-17H2,1-3H3,(H,26,29). The first kappa shape index (κ1) is 23.9. The van der Waals surface area contributed by atoms with Crippen molar-refractivity contribution < 1.29 is 14.0 Å². The summed E-state index contributed by atoms with van der Waals surface area (Å²) in [5, 5.41) is 2.93. The molecule has 2 aromatic rings. The number of hydrogen-bond acceptors (Lipinski definition) is 3. The summed E-state index contributed by atoms with van der Waals surface area (Å²) in [5.41, 5.74) is 3.09. The van der Waals surface area contributed by atoms with Crippen molar-refractivity contribution in [3.05, 3.63) is 71.0 Å². The highest BCUT2D eigenvalue weighted by molar-refractivity contribution is 7.99. The largest absolute Gasteiger partial charge is 0.354 e. The maximum absolute atomic E-state index is 13.1. The Kier molecular flexibility index (Phi) is 9.87. The molecule has 1 N–H and O–H groups in total. The summed E-state index contributed by atoms with van der Waals surface area (Å²) >= 11 is 1.47. The van der Waals surface area contributed by atoms with Gasteiger partial charge in [0, 0.05) is 18.8 Å². The van der Waals surface area contributed by atoms with Crippen molar-refractivity contribution >= 4 is 23.6 Å². The summed E-state index contributed by atoms with van der Waals surface area (Å²) in [7, 11) is 0. The smallest absolute Gasteiger partial charge is 0.242 e. The van der Waals surface area contributed by atoms with Gasteiger partial charge in [-0.1, -0.05) is 55.8 Å². The molecule has 1 atom stereocenters. The van der Waals surface area contributed by atoms with Crippen molar-refractivity contribution in [1.29, 1.82) is 0 Å². The van der Waals surface area contributed by atoms with Crippen LogP contribution in [0.15, 0.2) is 48.5 Å². The van der Waals surface area contributed by atoms with Crippen LogP contribution in [0.2, 0.25) is 0 Å². The second-order valence-electron chi connectivity index (χ2n) is 7.35. The van der Waals surface area contributed by atoms with Crippen LogP contribution >= 0.6 is 11.8 Å². The van der Waals surface area contributed by atoms with Crippen molar-refractivity contribution in [3.8, 4) is 0 Å². The molecule has 162 valence electrons. The molecule has 2 rings (SSSR count). The Morgan fingerprint density at radius 3 is 2.47 bits per heavy atom. The van der Waals surface area contributed by atoms with Gasteiger partial charge in [0.05, 0.1) is 5.75 Å². The predicted molar refractivity (Wildman–Crippen MR) is 122 cm³/mol. The van der Waals surface area contributed by atoms with Crippen LogP contribution in [-0.4, -0.2) is 35.1 Å². The lowest BCUT2D eigenvalue weighted by atomic mass is 10.1. The monoisotopic (exact) mass is 430 g/mol. The van der Waals surface area contributed by atoms with Gasteiger partial charge in [-0.3, -0.25) is 9.59 Å². The molecule has 6 heteroatoms. The normalized spacial score (nSPS) is 11.7. The number of amides is 2. The van der Waals surface area contributed by atoms with Crippen LogP contribution < -0.4 is 5.32 Å². The third kappa shape index (κ3) is 7.48. The molecule has 0 aliphatic heterocycles. The van der Waals surface area contributed by atoms with Crippen molar-refractivity contribution in [1.82, 2.24) is 10.2 Å². The molecular formula is C24H31FN2O2S. The van der Waals surface area contributed by atoms with E-state index in [9.17, 15) is 14.0 Å². The van der Waals surface area contributed by atoms with Gasteiger partial charge in [0.1, 0.15) is 11.9 Å². The molecule has 30 heavy (non-hydrogen) atoms. The number of carbonyl (C=O) groups is 2. The Bertz CT molecular complexity index is 826. The van der Waals surface area contributed by atoms with Gasteiger partial charge >= 0.3 is 0 Å². The molecule has 2 amide bonds. The first-order valence-electron chi connectivity index (χ1n) is 10.4. The zero-order chi connectivity index (χ0) is 21.9. The fraction of sp³-hybridized carbons (Fsp3) is 0.417. The molecule has 0 spiro atoms. The van der Waals surface area contributed by atoms with E-state index in [0.717, 1.165) is 23.1 Å². The minimum atomic E-state index is -0.504. The number of hydrogen-bond donors (Lipinski definition) is 1. The molecule has 0 saturated heterocycles. The van der Waals surface area contributed by atoms with Crippen LogP contribution in [-0.2, 0) is 21.9 Å². The molecular weight excluding hydrogens is 399 g/mol. The molecule has 0 aliphatic carbocycles. The second-order valence-corrected chi connectivity index (χ2v) is 8.33. The van der Waals surface area contributed by atoms with E-state index in [2.05, 4.69) is 5.32 Å². The SMILES string of the molecule is CCCNC(=O)C(CC)N(Cc1cccc(C)c1)C(=O)CSCc1ccc(F)cc1. The lowest BCUT2D eigenvalue weighted by Gasteiger charge is -2.30. The molecule has 4 nitrogen and oxygen atoms in total. The number of aryl methyl sites for hydroxylation is 1. The van der Waals surface area contributed by atoms with Crippen LogP contribution in [0.3, 0.4) is 0 Å². The lowest BCUT2D eigenvalue weighted by Crippen LogP contribution is -2.49. The minimum absolute atomic E-state index is 0.0675. The van der Waals surface area contributed by atoms with E-state index in [-0.39, 0.29) is 23.4 Å². The highest BCUT2D eigenvalue weighted by atomic mass is 32.2. The van der Waals surface area contributed by atoms with Gasteiger partial charge in [-0.25, -0.2) is 4.39 Å². The summed E-state index contributed by atoms with van der Waals surface area (Å²) < 4.78 is 13.1. The van der Waals surface area contributed by atoms with E-state index in [1.807, 2.05) is 45.0 Å². The zero-order valence-corrected chi connectivity index (χ0v) is 18.8. The third-order valence-corrected chi connectivity index (χ3v) is 5.77. The van der Waals surface area contributed by atoms with Gasteiger partial charge in [0.2, 0.25) is 11.8 Å². The molecule has 0 aliphatic rings. The first-order chi connectivity index (χ1) is 14.4. The van der Waals surface area contributed by atoms with E-state index in [4.69, 9.17) is 0 Å². The van der Waals surface area contributed by atoms with E-state index in [1.165, 1.54) is 23.9 Å². The Hall–Kier alpha value is -2.34. The van der Waals surface area contributed by atoms with Crippen LogP contribution in [0.25, 0.3) is 0 Å². The Balaban J connectivity index is 2.10. The summed E-state index contributed by atoms with van der Waals surface area (Å²) in [5.74, 6) is 0.434. The molecule has 0 fully saturated rings. The number of thioether (sulfide) groups is 1. The fourth-order valence-corrected chi connectivity index (χ4v) is 4.08. The average molecular weight is 431 g/mol. The van der Waals surface area contributed by atoms with Crippen molar-refractivity contribution in [2.24, 2.45) is 0 Å². The Morgan fingerprint density at radius 1 is 1.10 bits per heavy atom. The summed E-state index contributed by atoms with van der Waals surface area (Å²) in [6.07, 6.45) is 1.40. The quantitative estimate of drug-likeness (QED) is 0.562.